The van der Waals surface area contributed by atoms with E-state index in [0.29, 0.717) is 30.0 Å². The van der Waals surface area contributed by atoms with Crippen molar-refractivity contribution in [3.05, 3.63) is 47.5 Å². The molecule has 2 aliphatic rings. The molecule has 1 N–H and O–H groups in total. The van der Waals surface area contributed by atoms with Gasteiger partial charge in [-0.3, -0.25) is 4.79 Å². The van der Waals surface area contributed by atoms with E-state index in [4.69, 9.17) is 9.47 Å². The molecule has 1 fully saturated rings. The van der Waals surface area contributed by atoms with Gasteiger partial charge in [-0.25, -0.2) is 9.97 Å². The maximum atomic E-state index is 12.7. The first-order valence-corrected chi connectivity index (χ1v) is 8.27. The predicted molar refractivity (Wildman–Crippen MR) is 88.6 cm³/mol. The second-order valence-electron chi connectivity index (χ2n) is 6.35. The van der Waals surface area contributed by atoms with Crippen molar-refractivity contribution >= 4 is 5.91 Å². The Labute approximate surface area is 145 Å². The van der Waals surface area contributed by atoms with Crippen molar-refractivity contribution in [2.24, 2.45) is 0 Å². The van der Waals surface area contributed by atoms with Gasteiger partial charge < -0.3 is 19.5 Å². The number of hydrogen-bond acceptors (Lipinski definition) is 6. The second-order valence-corrected chi connectivity index (χ2v) is 6.35. The number of amides is 1. The lowest BCUT2D eigenvalue weighted by atomic mass is 9.86. The summed E-state index contributed by atoms with van der Waals surface area (Å²) in [6.45, 7) is 2.87. The highest BCUT2D eigenvalue weighted by Gasteiger charge is 2.33. The van der Waals surface area contributed by atoms with Crippen LogP contribution in [0, 0.1) is 6.92 Å². The highest BCUT2D eigenvalue weighted by atomic mass is 16.7. The number of aromatic nitrogens is 2. The fourth-order valence-electron chi connectivity index (χ4n) is 3.42. The molecule has 0 bridgehead atoms. The van der Waals surface area contributed by atoms with Crippen molar-refractivity contribution in [1.29, 1.82) is 0 Å². The number of aryl methyl sites for hydroxylation is 1. The van der Waals surface area contributed by atoms with E-state index in [9.17, 15) is 9.90 Å². The van der Waals surface area contributed by atoms with Gasteiger partial charge >= 0.3 is 0 Å². The van der Waals surface area contributed by atoms with Crippen LogP contribution >= 0.6 is 0 Å². The monoisotopic (exact) mass is 341 g/mol. The average molecular weight is 341 g/mol. The van der Waals surface area contributed by atoms with E-state index < -0.39 is 6.10 Å². The van der Waals surface area contributed by atoms with Gasteiger partial charge in [0.25, 0.3) is 5.91 Å². The Kier molecular flexibility index (Phi) is 4.01. The second kappa shape index (κ2) is 6.33. The zero-order valence-corrected chi connectivity index (χ0v) is 13.9. The number of likely N-dealkylation sites (tertiary alicyclic amines) is 1. The number of piperidine rings is 1. The largest absolute Gasteiger partial charge is 0.454 e. The first kappa shape index (κ1) is 15.8. The van der Waals surface area contributed by atoms with Gasteiger partial charge in [0.05, 0.1) is 17.4 Å². The van der Waals surface area contributed by atoms with Gasteiger partial charge in [0.15, 0.2) is 11.5 Å². The van der Waals surface area contributed by atoms with Crippen LogP contribution in [0.1, 0.15) is 34.0 Å². The molecule has 7 heteroatoms. The Hall–Kier alpha value is -2.67. The van der Waals surface area contributed by atoms with Crippen LogP contribution in [-0.4, -0.2) is 51.9 Å². The van der Waals surface area contributed by atoms with E-state index in [2.05, 4.69) is 9.97 Å². The molecule has 2 aliphatic heterocycles. The Balaban J connectivity index is 1.49. The van der Waals surface area contributed by atoms with Crippen LogP contribution in [0.5, 0.6) is 11.5 Å². The molecule has 0 saturated carbocycles. The minimum atomic E-state index is -0.636. The van der Waals surface area contributed by atoms with Gasteiger partial charge in [-0.05, 0) is 31.0 Å². The van der Waals surface area contributed by atoms with E-state index in [0.717, 1.165) is 11.3 Å². The smallest absolute Gasteiger partial charge is 0.257 e. The number of nitrogens with zero attached hydrogens (tertiary/aromatic N) is 3. The molecule has 1 amide bonds. The van der Waals surface area contributed by atoms with Gasteiger partial charge in [-0.15, -0.1) is 0 Å². The summed E-state index contributed by atoms with van der Waals surface area (Å²) in [5.74, 6) is 1.26. The van der Waals surface area contributed by atoms with E-state index >= 15 is 0 Å². The van der Waals surface area contributed by atoms with Crippen LogP contribution in [0.25, 0.3) is 0 Å². The first-order chi connectivity index (χ1) is 12.1. The standard InChI is InChI=1S/C18H19N3O4/c1-11-14(7-19-9-20-11)18(23)21-5-4-13(15(22)8-21)12-2-3-16-17(6-12)25-10-24-16/h2-3,6-7,9,13,15,22H,4-5,8,10H2,1H3/t13-,15+/m0/s1. The minimum absolute atomic E-state index is 0.0355. The number of β-amino-alcohol motifs (C(OH)–C–C–N with tert-alkyl or cyclic N) is 1. The highest BCUT2D eigenvalue weighted by molar-refractivity contribution is 5.95. The summed E-state index contributed by atoms with van der Waals surface area (Å²) in [4.78, 5) is 22.3. The average Bonchev–Trinajstić information content (AvgIpc) is 3.09. The van der Waals surface area contributed by atoms with Crippen LogP contribution in [-0.2, 0) is 0 Å². The lowest BCUT2D eigenvalue weighted by Gasteiger charge is -2.36. The van der Waals surface area contributed by atoms with Gasteiger partial charge in [-0.2, -0.15) is 0 Å². The molecule has 0 spiro atoms. The van der Waals surface area contributed by atoms with Gasteiger partial charge in [-0.1, -0.05) is 6.07 Å². The Morgan fingerprint density at radius 2 is 2.16 bits per heavy atom. The summed E-state index contributed by atoms with van der Waals surface area (Å²) in [5.41, 5.74) is 2.13. The van der Waals surface area contributed by atoms with Crippen LogP contribution in [0.15, 0.2) is 30.7 Å². The zero-order chi connectivity index (χ0) is 17.4. The number of hydrogen-bond donors (Lipinski definition) is 1. The maximum Gasteiger partial charge on any atom is 0.257 e. The van der Waals surface area contributed by atoms with Crippen LogP contribution < -0.4 is 9.47 Å². The molecule has 0 aliphatic carbocycles. The number of fused-ring (bicyclic) bond motifs is 1. The molecule has 4 rings (SSSR count). The first-order valence-electron chi connectivity index (χ1n) is 8.27. The lowest BCUT2D eigenvalue weighted by molar-refractivity contribution is 0.0380. The van der Waals surface area contributed by atoms with Crippen molar-refractivity contribution in [2.75, 3.05) is 19.9 Å². The fraction of sp³-hybridized carbons (Fsp3) is 0.389. The normalized spacial score (nSPS) is 22.1. The molecule has 2 atom stereocenters. The number of aliphatic hydroxyl groups is 1. The van der Waals surface area contributed by atoms with Crippen LogP contribution in [0.3, 0.4) is 0 Å². The van der Waals surface area contributed by atoms with Crippen molar-refractivity contribution in [2.45, 2.75) is 25.4 Å². The Bertz CT molecular complexity index is 811. The molecule has 130 valence electrons. The summed E-state index contributed by atoms with van der Waals surface area (Å²) in [5, 5.41) is 10.6. The van der Waals surface area contributed by atoms with E-state index in [-0.39, 0.29) is 25.2 Å². The van der Waals surface area contributed by atoms with Crippen molar-refractivity contribution < 1.29 is 19.4 Å². The summed E-state index contributed by atoms with van der Waals surface area (Å²) in [6, 6.07) is 5.74. The van der Waals surface area contributed by atoms with Gasteiger partial charge in [0, 0.05) is 25.2 Å². The Morgan fingerprint density at radius 3 is 2.96 bits per heavy atom. The third-order valence-corrected chi connectivity index (χ3v) is 4.84. The van der Waals surface area contributed by atoms with Crippen molar-refractivity contribution in [1.82, 2.24) is 14.9 Å². The molecule has 1 aromatic carbocycles. The SMILES string of the molecule is Cc1ncncc1C(=O)N1CC[C@@H](c2ccc3c(c2)OCO3)[C@H](O)C1. The van der Waals surface area contributed by atoms with Crippen LogP contribution in [0.2, 0.25) is 0 Å². The number of benzene rings is 1. The van der Waals surface area contributed by atoms with Crippen molar-refractivity contribution in [3.63, 3.8) is 0 Å². The molecule has 3 heterocycles. The fourth-order valence-corrected chi connectivity index (χ4v) is 3.42. The molecule has 25 heavy (non-hydrogen) atoms. The number of carbonyl (C=O) groups excluding carboxylic acids is 1. The molecule has 7 nitrogen and oxygen atoms in total. The predicted octanol–water partition coefficient (Wildman–Crippen LogP) is 1.50. The van der Waals surface area contributed by atoms with E-state index in [1.165, 1.54) is 12.5 Å². The zero-order valence-electron chi connectivity index (χ0n) is 13.9. The third-order valence-electron chi connectivity index (χ3n) is 4.84. The third kappa shape index (κ3) is 2.91. The van der Waals surface area contributed by atoms with E-state index in [1.807, 2.05) is 18.2 Å². The van der Waals surface area contributed by atoms with Crippen LogP contribution in [0.4, 0.5) is 0 Å². The summed E-state index contributed by atoms with van der Waals surface area (Å²) in [7, 11) is 0. The highest BCUT2D eigenvalue weighted by Crippen LogP contribution is 2.37. The number of aliphatic hydroxyl groups excluding tert-OH is 1. The number of ether oxygens (including phenoxy) is 2. The van der Waals surface area contributed by atoms with E-state index in [1.54, 1.807) is 11.8 Å². The van der Waals surface area contributed by atoms with Crippen molar-refractivity contribution in [3.8, 4) is 11.5 Å². The molecule has 2 aromatic rings. The molecule has 1 aromatic heterocycles. The minimum Gasteiger partial charge on any atom is -0.454 e. The topological polar surface area (TPSA) is 84.8 Å². The van der Waals surface area contributed by atoms with Gasteiger partial charge in [0.2, 0.25) is 6.79 Å². The number of rotatable bonds is 2. The molecular formula is C18H19N3O4. The quantitative estimate of drug-likeness (QED) is 0.891. The Morgan fingerprint density at radius 1 is 1.32 bits per heavy atom. The maximum absolute atomic E-state index is 12.7. The summed E-state index contributed by atoms with van der Waals surface area (Å²) < 4.78 is 10.7. The number of carbonyl (C=O) groups is 1. The van der Waals surface area contributed by atoms with Gasteiger partial charge in [0.1, 0.15) is 6.33 Å². The molecule has 1 saturated heterocycles. The summed E-state index contributed by atoms with van der Waals surface area (Å²) in [6.07, 6.45) is 3.00. The lowest BCUT2D eigenvalue weighted by Crippen LogP contribution is -2.46. The molecule has 0 unspecified atom stereocenters. The molecular weight excluding hydrogens is 322 g/mol. The molecule has 0 radical (unpaired) electrons. The summed E-state index contributed by atoms with van der Waals surface area (Å²) >= 11 is 0.